The third-order valence-corrected chi connectivity index (χ3v) is 3.06. The van der Waals surface area contributed by atoms with E-state index < -0.39 is 5.82 Å². The van der Waals surface area contributed by atoms with Gasteiger partial charge < -0.3 is 10.4 Å². The second-order valence-electron chi connectivity index (χ2n) is 4.64. The van der Waals surface area contributed by atoms with Crippen molar-refractivity contribution >= 4 is 5.91 Å². The van der Waals surface area contributed by atoms with Crippen LogP contribution in [-0.2, 0) is 0 Å². The highest BCUT2D eigenvalue weighted by molar-refractivity contribution is 5.96. The standard InChI is InChI=1S/C15H16FNO2/c16-13-5-6-14(12(10-13)2-1-9-18)15(19)17-8-7-11-3-4-11/h5-6,10-11,18H,3-4,7-9H2,(H,17,19). The zero-order valence-corrected chi connectivity index (χ0v) is 10.6. The summed E-state index contributed by atoms with van der Waals surface area (Å²) in [7, 11) is 0. The van der Waals surface area contributed by atoms with Gasteiger partial charge in [0.05, 0.1) is 5.56 Å². The van der Waals surface area contributed by atoms with Gasteiger partial charge >= 0.3 is 0 Å². The summed E-state index contributed by atoms with van der Waals surface area (Å²) >= 11 is 0. The van der Waals surface area contributed by atoms with E-state index in [-0.39, 0.29) is 12.5 Å². The van der Waals surface area contributed by atoms with Crippen molar-refractivity contribution < 1.29 is 14.3 Å². The molecule has 0 aromatic heterocycles. The molecule has 1 aromatic carbocycles. The molecule has 1 saturated carbocycles. The third-order valence-electron chi connectivity index (χ3n) is 3.06. The van der Waals surface area contributed by atoms with Gasteiger partial charge in [-0.1, -0.05) is 24.7 Å². The van der Waals surface area contributed by atoms with Gasteiger partial charge in [0.25, 0.3) is 5.91 Å². The molecule has 0 spiro atoms. The van der Waals surface area contributed by atoms with Crippen LogP contribution in [0.5, 0.6) is 0 Å². The Morgan fingerprint density at radius 1 is 1.47 bits per heavy atom. The molecule has 0 unspecified atom stereocenters. The molecule has 19 heavy (non-hydrogen) atoms. The number of rotatable bonds is 4. The first kappa shape index (κ1) is 13.6. The van der Waals surface area contributed by atoms with Gasteiger partial charge in [-0.15, -0.1) is 0 Å². The first-order chi connectivity index (χ1) is 9.20. The zero-order chi connectivity index (χ0) is 13.7. The minimum absolute atomic E-state index is 0.247. The Bertz CT molecular complexity index is 527. The van der Waals surface area contributed by atoms with Crippen molar-refractivity contribution in [1.29, 1.82) is 0 Å². The van der Waals surface area contributed by atoms with E-state index in [1.807, 2.05) is 0 Å². The Kier molecular flexibility index (Phi) is 4.53. The van der Waals surface area contributed by atoms with Crippen LogP contribution in [0.4, 0.5) is 4.39 Å². The summed E-state index contributed by atoms with van der Waals surface area (Å²) in [5.74, 6) is 5.08. The number of nitrogens with one attached hydrogen (secondary N) is 1. The number of carbonyl (C=O) groups excluding carboxylic acids is 1. The Balaban J connectivity index is 2.05. The van der Waals surface area contributed by atoms with Gasteiger partial charge in [-0.05, 0) is 30.5 Å². The molecule has 1 aromatic rings. The summed E-state index contributed by atoms with van der Waals surface area (Å²) in [6.07, 6.45) is 3.49. The van der Waals surface area contributed by atoms with Crippen LogP contribution in [0.25, 0.3) is 0 Å². The van der Waals surface area contributed by atoms with Crippen molar-refractivity contribution in [2.24, 2.45) is 5.92 Å². The van der Waals surface area contributed by atoms with Crippen molar-refractivity contribution in [2.45, 2.75) is 19.3 Å². The van der Waals surface area contributed by atoms with Gasteiger partial charge in [-0.3, -0.25) is 4.79 Å². The molecule has 1 amide bonds. The number of hydrogen-bond donors (Lipinski definition) is 2. The lowest BCUT2D eigenvalue weighted by atomic mass is 10.1. The van der Waals surface area contributed by atoms with Crippen molar-refractivity contribution in [1.82, 2.24) is 5.32 Å². The second kappa shape index (κ2) is 6.35. The Hall–Kier alpha value is -1.86. The molecule has 2 rings (SSSR count). The summed E-state index contributed by atoms with van der Waals surface area (Å²) < 4.78 is 13.1. The summed E-state index contributed by atoms with van der Waals surface area (Å²) in [4.78, 5) is 12.0. The SMILES string of the molecule is O=C(NCCC1CC1)c1ccc(F)cc1C#CCO. The minimum atomic E-state index is -0.447. The van der Waals surface area contributed by atoms with Crippen LogP contribution >= 0.6 is 0 Å². The number of carbonyl (C=O) groups is 1. The summed E-state index contributed by atoms with van der Waals surface area (Å²) in [6.45, 7) is 0.312. The average molecular weight is 261 g/mol. The predicted octanol–water partition coefficient (Wildman–Crippen LogP) is 1.70. The smallest absolute Gasteiger partial charge is 0.252 e. The lowest BCUT2D eigenvalue weighted by molar-refractivity contribution is 0.0952. The summed E-state index contributed by atoms with van der Waals surface area (Å²) in [5, 5.41) is 11.5. The van der Waals surface area contributed by atoms with E-state index in [0.717, 1.165) is 12.3 Å². The van der Waals surface area contributed by atoms with E-state index in [1.54, 1.807) is 0 Å². The number of halogens is 1. The minimum Gasteiger partial charge on any atom is -0.384 e. The van der Waals surface area contributed by atoms with Crippen molar-refractivity contribution in [3.63, 3.8) is 0 Å². The van der Waals surface area contributed by atoms with E-state index in [0.29, 0.717) is 17.7 Å². The number of hydrogen-bond acceptors (Lipinski definition) is 2. The molecule has 0 aliphatic heterocycles. The highest BCUT2D eigenvalue weighted by atomic mass is 19.1. The largest absolute Gasteiger partial charge is 0.384 e. The quantitative estimate of drug-likeness (QED) is 0.810. The highest BCUT2D eigenvalue weighted by Gasteiger charge is 2.21. The van der Waals surface area contributed by atoms with Crippen molar-refractivity contribution in [3.8, 4) is 11.8 Å². The molecule has 3 nitrogen and oxygen atoms in total. The summed E-state index contributed by atoms with van der Waals surface area (Å²) in [5.41, 5.74) is 0.649. The molecule has 0 heterocycles. The monoisotopic (exact) mass is 261 g/mol. The average Bonchev–Trinajstić information content (AvgIpc) is 3.20. The molecular formula is C15H16FNO2. The van der Waals surface area contributed by atoms with Crippen LogP contribution in [0.3, 0.4) is 0 Å². The molecule has 0 saturated heterocycles. The lowest BCUT2D eigenvalue weighted by Gasteiger charge is -2.06. The van der Waals surface area contributed by atoms with Crippen LogP contribution < -0.4 is 5.32 Å². The Labute approximate surface area is 111 Å². The van der Waals surface area contributed by atoms with Gasteiger partial charge in [-0.25, -0.2) is 4.39 Å². The van der Waals surface area contributed by atoms with Crippen LogP contribution in [0.2, 0.25) is 0 Å². The van der Waals surface area contributed by atoms with E-state index in [2.05, 4.69) is 17.2 Å². The van der Waals surface area contributed by atoms with Crippen molar-refractivity contribution in [2.75, 3.05) is 13.2 Å². The fourth-order valence-corrected chi connectivity index (χ4v) is 1.84. The first-order valence-corrected chi connectivity index (χ1v) is 6.38. The number of amides is 1. The van der Waals surface area contributed by atoms with Crippen LogP contribution in [0.15, 0.2) is 18.2 Å². The van der Waals surface area contributed by atoms with Gasteiger partial charge in [0.15, 0.2) is 0 Å². The van der Waals surface area contributed by atoms with Crippen LogP contribution in [-0.4, -0.2) is 24.2 Å². The molecular weight excluding hydrogens is 245 g/mol. The van der Waals surface area contributed by atoms with E-state index in [4.69, 9.17) is 5.11 Å². The number of aliphatic hydroxyl groups excluding tert-OH is 1. The fraction of sp³-hybridized carbons (Fsp3) is 0.400. The van der Waals surface area contributed by atoms with E-state index >= 15 is 0 Å². The van der Waals surface area contributed by atoms with E-state index in [1.165, 1.54) is 31.0 Å². The first-order valence-electron chi connectivity index (χ1n) is 6.38. The van der Waals surface area contributed by atoms with Gasteiger partial charge in [0, 0.05) is 12.1 Å². The number of aliphatic hydroxyl groups is 1. The van der Waals surface area contributed by atoms with E-state index in [9.17, 15) is 9.18 Å². The van der Waals surface area contributed by atoms with Crippen LogP contribution in [0.1, 0.15) is 35.2 Å². The zero-order valence-electron chi connectivity index (χ0n) is 10.6. The predicted molar refractivity (Wildman–Crippen MR) is 70.0 cm³/mol. The fourth-order valence-electron chi connectivity index (χ4n) is 1.84. The maximum atomic E-state index is 13.1. The molecule has 100 valence electrons. The van der Waals surface area contributed by atoms with Gasteiger partial charge in [0.1, 0.15) is 12.4 Å². The highest BCUT2D eigenvalue weighted by Crippen LogP contribution is 2.31. The van der Waals surface area contributed by atoms with Gasteiger partial charge in [-0.2, -0.15) is 0 Å². The third kappa shape index (κ3) is 4.08. The van der Waals surface area contributed by atoms with Crippen LogP contribution in [0, 0.1) is 23.6 Å². The lowest BCUT2D eigenvalue weighted by Crippen LogP contribution is -2.25. The maximum Gasteiger partial charge on any atom is 0.252 e. The maximum absolute atomic E-state index is 13.1. The molecule has 1 aliphatic carbocycles. The number of benzene rings is 1. The normalized spacial score (nSPS) is 13.6. The Morgan fingerprint density at radius 2 is 2.26 bits per heavy atom. The topological polar surface area (TPSA) is 49.3 Å². The van der Waals surface area contributed by atoms with Crippen molar-refractivity contribution in [3.05, 3.63) is 35.1 Å². The molecule has 0 bridgehead atoms. The molecule has 1 fully saturated rings. The molecule has 0 radical (unpaired) electrons. The Morgan fingerprint density at radius 3 is 2.95 bits per heavy atom. The summed E-state index contributed by atoms with van der Waals surface area (Å²) in [6, 6.07) is 3.86. The molecule has 0 atom stereocenters. The molecule has 1 aliphatic rings. The molecule has 4 heteroatoms. The van der Waals surface area contributed by atoms with Gasteiger partial charge in [0.2, 0.25) is 0 Å². The molecule has 2 N–H and O–H groups in total. The second-order valence-corrected chi connectivity index (χ2v) is 4.64.